The number of carbonyl (C=O) groups is 1. The van der Waals surface area contributed by atoms with Gasteiger partial charge in [-0.25, -0.2) is 23.1 Å². The SMILES string of the molecule is CCC(C#N)(CC)C(=O)N1Cc2nc(Cl)nc(NCc3cccc(C(F)F)c3F)c2C1. The zero-order chi connectivity index (χ0) is 22.8. The third-order valence-corrected chi connectivity index (χ3v) is 5.83. The van der Waals surface area contributed by atoms with Crippen LogP contribution in [0.4, 0.5) is 19.0 Å². The lowest BCUT2D eigenvalue weighted by atomic mass is 9.82. The van der Waals surface area contributed by atoms with Crippen LogP contribution in [0, 0.1) is 22.6 Å². The standard InChI is InChI=1S/C21H21ClF3N5O/c1-3-21(4-2,11-26)19(31)30-9-14-15(10-30)28-20(22)29-18(14)27-8-12-6-5-7-13(16(12)23)17(24)25/h5-7,17H,3-4,8-10H2,1-2H3,(H,27,28,29). The fourth-order valence-corrected chi connectivity index (χ4v) is 3.85. The molecule has 0 saturated heterocycles. The van der Waals surface area contributed by atoms with E-state index in [-0.39, 0.29) is 36.4 Å². The lowest BCUT2D eigenvalue weighted by Gasteiger charge is -2.27. The number of fused-ring (bicyclic) bond motifs is 1. The van der Waals surface area contributed by atoms with E-state index < -0.39 is 23.2 Å². The number of alkyl halides is 2. The summed E-state index contributed by atoms with van der Waals surface area (Å²) in [6, 6.07) is 5.93. The predicted molar refractivity (Wildman–Crippen MR) is 109 cm³/mol. The molecule has 0 spiro atoms. The monoisotopic (exact) mass is 451 g/mol. The summed E-state index contributed by atoms with van der Waals surface area (Å²) in [5.41, 5.74) is -0.619. The van der Waals surface area contributed by atoms with Crippen molar-refractivity contribution in [2.24, 2.45) is 5.41 Å². The summed E-state index contributed by atoms with van der Waals surface area (Å²) in [6.07, 6.45) is -2.17. The van der Waals surface area contributed by atoms with Crippen LogP contribution in [0.3, 0.4) is 0 Å². The summed E-state index contributed by atoms with van der Waals surface area (Å²) in [5, 5.41) is 12.4. The van der Waals surface area contributed by atoms with Gasteiger partial charge in [0.15, 0.2) is 0 Å². The second kappa shape index (κ2) is 9.10. The number of amides is 1. The molecule has 31 heavy (non-hydrogen) atoms. The molecule has 0 fully saturated rings. The number of hydrogen-bond donors (Lipinski definition) is 1. The smallest absolute Gasteiger partial charge is 0.266 e. The molecule has 0 bridgehead atoms. The van der Waals surface area contributed by atoms with E-state index in [1.165, 1.54) is 17.0 Å². The highest BCUT2D eigenvalue weighted by Crippen LogP contribution is 2.35. The quantitative estimate of drug-likeness (QED) is 0.599. The number of rotatable bonds is 7. The molecule has 1 amide bonds. The first-order valence-corrected chi connectivity index (χ1v) is 10.2. The van der Waals surface area contributed by atoms with E-state index in [2.05, 4.69) is 21.4 Å². The Morgan fingerprint density at radius 2 is 2.03 bits per heavy atom. The van der Waals surface area contributed by atoms with Gasteiger partial charge >= 0.3 is 0 Å². The van der Waals surface area contributed by atoms with Gasteiger partial charge in [0, 0.05) is 17.7 Å². The highest BCUT2D eigenvalue weighted by atomic mass is 35.5. The molecule has 0 saturated carbocycles. The maximum Gasteiger partial charge on any atom is 0.266 e. The fraction of sp³-hybridized carbons (Fsp3) is 0.429. The zero-order valence-electron chi connectivity index (χ0n) is 17.1. The molecule has 1 aliphatic heterocycles. The Kier molecular flexibility index (Phi) is 6.70. The molecule has 0 radical (unpaired) electrons. The highest BCUT2D eigenvalue weighted by Gasteiger charge is 2.41. The van der Waals surface area contributed by atoms with Gasteiger partial charge in [0.2, 0.25) is 11.2 Å². The van der Waals surface area contributed by atoms with Gasteiger partial charge < -0.3 is 10.2 Å². The van der Waals surface area contributed by atoms with Crippen LogP contribution in [-0.2, 0) is 24.4 Å². The van der Waals surface area contributed by atoms with Crippen molar-refractivity contribution >= 4 is 23.3 Å². The average Bonchev–Trinajstić information content (AvgIpc) is 3.18. The molecule has 0 aliphatic carbocycles. The third kappa shape index (κ3) is 4.30. The maximum absolute atomic E-state index is 14.3. The zero-order valence-corrected chi connectivity index (χ0v) is 17.8. The number of carbonyl (C=O) groups excluding carboxylic acids is 1. The second-order valence-corrected chi connectivity index (χ2v) is 7.64. The van der Waals surface area contributed by atoms with Crippen LogP contribution in [0.15, 0.2) is 18.2 Å². The molecule has 1 aliphatic rings. The summed E-state index contributed by atoms with van der Waals surface area (Å²) < 4.78 is 40.2. The van der Waals surface area contributed by atoms with Crippen molar-refractivity contribution in [3.05, 3.63) is 51.7 Å². The predicted octanol–water partition coefficient (Wildman–Crippen LogP) is 4.99. The van der Waals surface area contributed by atoms with E-state index >= 15 is 0 Å². The number of nitrogens with zero attached hydrogens (tertiary/aromatic N) is 4. The first-order chi connectivity index (χ1) is 14.8. The molecule has 6 nitrogen and oxygen atoms in total. The number of aromatic nitrogens is 2. The molecule has 1 N–H and O–H groups in total. The minimum absolute atomic E-state index is 0.0488. The van der Waals surface area contributed by atoms with E-state index in [0.29, 0.717) is 29.9 Å². The first kappa shape index (κ1) is 22.8. The summed E-state index contributed by atoms with van der Waals surface area (Å²) in [7, 11) is 0. The Morgan fingerprint density at radius 1 is 1.32 bits per heavy atom. The van der Waals surface area contributed by atoms with E-state index in [1.54, 1.807) is 13.8 Å². The van der Waals surface area contributed by atoms with Gasteiger partial charge in [-0.2, -0.15) is 5.26 Å². The van der Waals surface area contributed by atoms with E-state index in [1.807, 2.05) is 0 Å². The molecule has 1 aromatic heterocycles. The lowest BCUT2D eigenvalue weighted by molar-refractivity contribution is -0.140. The van der Waals surface area contributed by atoms with Crippen LogP contribution in [0.2, 0.25) is 5.28 Å². The van der Waals surface area contributed by atoms with Crippen molar-refractivity contribution in [3.63, 3.8) is 0 Å². The van der Waals surface area contributed by atoms with Crippen molar-refractivity contribution in [2.45, 2.75) is 52.7 Å². The molecular formula is C21H21ClF3N5O. The summed E-state index contributed by atoms with van der Waals surface area (Å²) in [4.78, 5) is 22.9. The maximum atomic E-state index is 14.3. The molecular weight excluding hydrogens is 431 g/mol. The molecule has 0 unspecified atom stereocenters. The molecule has 2 aromatic rings. The minimum atomic E-state index is -2.92. The van der Waals surface area contributed by atoms with Crippen LogP contribution in [0.1, 0.15) is 55.5 Å². The second-order valence-electron chi connectivity index (χ2n) is 7.30. The minimum Gasteiger partial charge on any atom is -0.365 e. The summed E-state index contributed by atoms with van der Waals surface area (Å²) in [5.74, 6) is -0.984. The number of halogens is 4. The van der Waals surface area contributed by atoms with Gasteiger partial charge in [0.25, 0.3) is 6.43 Å². The fourth-order valence-electron chi connectivity index (χ4n) is 3.66. The van der Waals surface area contributed by atoms with Gasteiger partial charge in [-0.05, 0) is 24.4 Å². The Labute approximate surface area is 183 Å². The first-order valence-electron chi connectivity index (χ1n) is 9.81. The van der Waals surface area contributed by atoms with Gasteiger partial charge in [-0.3, -0.25) is 4.79 Å². The lowest BCUT2D eigenvalue weighted by Crippen LogP contribution is -2.40. The molecule has 164 valence electrons. The van der Waals surface area contributed by atoms with Crippen LogP contribution >= 0.6 is 11.6 Å². The van der Waals surface area contributed by atoms with E-state index in [0.717, 1.165) is 6.07 Å². The van der Waals surface area contributed by atoms with Crippen LogP contribution in [0.25, 0.3) is 0 Å². The van der Waals surface area contributed by atoms with Crippen molar-refractivity contribution in [2.75, 3.05) is 5.32 Å². The van der Waals surface area contributed by atoms with Crippen molar-refractivity contribution in [1.29, 1.82) is 5.26 Å². The average molecular weight is 452 g/mol. The number of nitrogens with one attached hydrogen (secondary N) is 1. The molecule has 0 atom stereocenters. The van der Waals surface area contributed by atoms with Crippen LogP contribution < -0.4 is 5.32 Å². The number of nitriles is 1. The normalized spacial score (nSPS) is 13.3. The summed E-state index contributed by atoms with van der Waals surface area (Å²) >= 11 is 6.02. The van der Waals surface area contributed by atoms with Crippen LogP contribution in [-0.4, -0.2) is 20.8 Å². The van der Waals surface area contributed by atoms with Gasteiger partial charge in [-0.1, -0.05) is 32.0 Å². The van der Waals surface area contributed by atoms with E-state index in [9.17, 15) is 23.2 Å². The molecule has 2 heterocycles. The molecule has 10 heteroatoms. The van der Waals surface area contributed by atoms with Crippen molar-refractivity contribution < 1.29 is 18.0 Å². The van der Waals surface area contributed by atoms with Gasteiger partial charge in [0.05, 0.1) is 30.4 Å². The number of anilines is 1. The Hall–Kier alpha value is -2.86. The van der Waals surface area contributed by atoms with Gasteiger partial charge in [-0.15, -0.1) is 0 Å². The van der Waals surface area contributed by atoms with Crippen molar-refractivity contribution in [3.8, 4) is 6.07 Å². The summed E-state index contributed by atoms with van der Waals surface area (Å²) in [6.45, 7) is 3.81. The largest absolute Gasteiger partial charge is 0.365 e. The number of hydrogen-bond acceptors (Lipinski definition) is 5. The van der Waals surface area contributed by atoms with Gasteiger partial charge in [0.1, 0.15) is 17.1 Å². The Balaban J connectivity index is 1.84. The van der Waals surface area contributed by atoms with Crippen molar-refractivity contribution in [1.82, 2.24) is 14.9 Å². The molecule has 1 aromatic carbocycles. The van der Waals surface area contributed by atoms with E-state index in [4.69, 9.17) is 11.6 Å². The topological polar surface area (TPSA) is 81.9 Å². The molecule has 3 rings (SSSR count). The highest BCUT2D eigenvalue weighted by molar-refractivity contribution is 6.28. The Morgan fingerprint density at radius 3 is 2.65 bits per heavy atom. The Bertz CT molecular complexity index is 1040. The third-order valence-electron chi connectivity index (χ3n) is 5.66. The van der Waals surface area contributed by atoms with Crippen LogP contribution in [0.5, 0.6) is 0 Å². The number of benzene rings is 1.